The number of rotatable bonds is 12. The zero-order chi connectivity index (χ0) is 26.0. The van der Waals surface area contributed by atoms with E-state index in [0.717, 1.165) is 50.5 Å². The maximum atomic E-state index is 13.6. The van der Waals surface area contributed by atoms with Crippen molar-refractivity contribution in [2.45, 2.75) is 82.0 Å². The largest absolute Gasteiger partial charge is 0.385 e. The SMILES string of the molecule is CNC[C@H](CC1CCC(F)CC1)NC(=O)N1CCC[C@@H]([C@@](O)(CCCCOC)c2cccc(Cl)c2)C1. The summed E-state index contributed by atoms with van der Waals surface area (Å²) in [5.41, 5.74) is -0.247. The van der Waals surface area contributed by atoms with E-state index in [1.807, 2.05) is 36.2 Å². The minimum atomic E-state index is -1.06. The zero-order valence-corrected chi connectivity index (χ0v) is 22.7. The van der Waals surface area contributed by atoms with E-state index >= 15 is 0 Å². The second-order valence-corrected chi connectivity index (χ2v) is 11.2. The Morgan fingerprint density at radius 3 is 2.75 bits per heavy atom. The van der Waals surface area contributed by atoms with Gasteiger partial charge in [-0.05, 0) is 94.9 Å². The first-order chi connectivity index (χ1) is 17.4. The van der Waals surface area contributed by atoms with Crippen molar-refractivity contribution in [2.75, 3.05) is 40.4 Å². The summed E-state index contributed by atoms with van der Waals surface area (Å²) in [5, 5.41) is 19.1. The van der Waals surface area contributed by atoms with Crippen LogP contribution in [-0.4, -0.2) is 68.6 Å². The molecule has 204 valence electrons. The fourth-order valence-electron chi connectivity index (χ4n) is 6.00. The van der Waals surface area contributed by atoms with E-state index in [1.54, 1.807) is 7.11 Å². The van der Waals surface area contributed by atoms with Crippen LogP contribution >= 0.6 is 11.6 Å². The van der Waals surface area contributed by atoms with Gasteiger partial charge in [0.2, 0.25) is 0 Å². The maximum Gasteiger partial charge on any atom is 0.317 e. The third-order valence-electron chi connectivity index (χ3n) is 8.04. The smallest absolute Gasteiger partial charge is 0.317 e. The first kappa shape index (κ1) is 29.2. The van der Waals surface area contributed by atoms with Crippen LogP contribution in [0.25, 0.3) is 0 Å². The van der Waals surface area contributed by atoms with E-state index in [1.165, 1.54) is 0 Å². The Hall–Kier alpha value is -1.41. The first-order valence-electron chi connectivity index (χ1n) is 13.7. The third kappa shape index (κ3) is 8.30. The molecule has 1 aliphatic carbocycles. The van der Waals surface area contributed by atoms with Crippen molar-refractivity contribution in [1.29, 1.82) is 0 Å². The Morgan fingerprint density at radius 1 is 1.28 bits per heavy atom. The lowest BCUT2D eigenvalue weighted by Gasteiger charge is -2.43. The van der Waals surface area contributed by atoms with Gasteiger partial charge in [-0.15, -0.1) is 0 Å². The van der Waals surface area contributed by atoms with Crippen molar-refractivity contribution in [3.05, 3.63) is 34.9 Å². The number of carbonyl (C=O) groups is 1. The predicted octanol–water partition coefficient (Wildman–Crippen LogP) is 5.27. The summed E-state index contributed by atoms with van der Waals surface area (Å²) in [7, 11) is 3.58. The number of benzene rings is 1. The molecule has 1 saturated carbocycles. The number of hydrogen-bond acceptors (Lipinski definition) is 4. The quantitative estimate of drug-likeness (QED) is 0.325. The fourth-order valence-corrected chi connectivity index (χ4v) is 6.19. The van der Waals surface area contributed by atoms with Gasteiger partial charge in [0, 0.05) is 50.3 Å². The van der Waals surface area contributed by atoms with E-state index in [4.69, 9.17) is 16.3 Å². The van der Waals surface area contributed by atoms with Crippen LogP contribution < -0.4 is 10.6 Å². The highest BCUT2D eigenvalue weighted by atomic mass is 35.5. The van der Waals surface area contributed by atoms with Crippen molar-refractivity contribution in [3.8, 4) is 0 Å². The number of amides is 2. The third-order valence-corrected chi connectivity index (χ3v) is 8.27. The normalized spacial score (nSPS) is 25.2. The highest BCUT2D eigenvalue weighted by Crippen LogP contribution is 2.40. The monoisotopic (exact) mass is 525 g/mol. The topological polar surface area (TPSA) is 73.8 Å². The number of urea groups is 1. The van der Waals surface area contributed by atoms with Gasteiger partial charge < -0.3 is 25.4 Å². The van der Waals surface area contributed by atoms with Crippen LogP contribution in [-0.2, 0) is 10.3 Å². The van der Waals surface area contributed by atoms with Crippen molar-refractivity contribution in [2.24, 2.45) is 11.8 Å². The van der Waals surface area contributed by atoms with Crippen molar-refractivity contribution >= 4 is 17.6 Å². The average molecular weight is 526 g/mol. The lowest BCUT2D eigenvalue weighted by atomic mass is 9.74. The highest BCUT2D eigenvalue weighted by Gasteiger charge is 2.41. The molecule has 0 spiro atoms. The molecule has 8 heteroatoms. The summed E-state index contributed by atoms with van der Waals surface area (Å²) in [6.07, 6.45) is 7.21. The second kappa shape index (κ2) is 14.5. The number of methoxy groups -OCH3 is 1. The number of nitrogens with one attached hydrogen (secondary N) is 2. The number of nitrogens with zero attached hydrogens (tertiary/aromatic N) is 1. The summed E-state index contributed by atoms with van der Waals surface area (Å²) in [4.78, 5) is 15.2. The van der Waals surface area contributed by atoms with Crippen LogP contribution in [0, 0.1) is 11.8 Å². The molecule has 3 rings (SSSR count). The van der Waals surface area contributed by atoms with Crippen LogP contribution in [0.3, 0.4) is 0 Å². The molecule has 2 aliphatic rings. The number of alkyl halides is 1. The van der Waals surface area contributed by atoms with Crippen LogP contribution in [0.15, 0.2) is 24.3 Å². The molecule has 1 aromatic rings. The lowest BCUT2D eigenvalue weighted by molar-refractivity contribution is -0.0564. The standard InChI is InChI=1S/C28H45ClFN3O3/c1-31-19-26(17-21-10-12-25(30)13-11-21)32-27(34)33-15-6-8-23(20-33)28(35,14-3-4-16-36-2)22-7-5-9-24(29)18-22/h5,7,9,18,21,23,25-26,31,35H,3-4,6,8,10-17,19-20H2,1-2H3,(H,32,34)/t21?,23-,25?,26+,28-/m1/s1. The molecule has 2 amide bonds. The number of halogens is 2. The van der Waals surface area contributed by atoms with Crippen LogP contribution in [0.5, 0.6) is 0 Å². The molecule has 3 atom stereocenters. The average Bonchev–Trinajstić information content (AvgIpc) is 2.88. The Balaban J connectivity index is 1.66. The van der Waals surface area contributed by atoms with Gasteiger partial charge in [-0.1, -0.05) is 23.7 Å². The summed E-state index contributed by atoms with van der Waals surface area (Å²) in [6.45, 7) is 2.52. The Labute approximate surface area is 221 Å². The number of aliphatic hydroxyl groups is 1. The van der Waals surface area contributed by atoms with Gasteiger partial charge in [-0.3, -0.25) is 0 Å². The molecular formula is C28H45ClFN3O3. The van der Waals surface area contributed by atoms with Gasteiger partial charge >= 0.3 is 6.03 Å². The van der Waals surface area contributed by atoms with Crippen molar-refractivity contribution in [1.82, 2.24) is 15.5 Å². The zero-order valence-electron chi connectivity index (χ0n) is 22.0. The van der Waals surface area contributed by atoms with Gasteiger partial charge in [0.25, 0.3) is 0 Å². The number of carbonyl (C=O) groups excluding carboxylic acids is 1. The molecule has 3 N–H and O–H groups in total. The summed E-state index contributed by atoms with van der Waals surface area (Å²) < 4.78 is 18.8. The molecule has 0 unspecified atom stereocenters. The van der Waals surface area contributed by atoms with Crippen LogP contribution in [0.2, 0.25) is 5.02 Å². The number of likely N-dealkylation sites (tertiary alicyclic amines) is 1. The van der Waals surface area contributed by atoms with Gasteiger partial charge in [0.15, 0.2) is 0 Å². The fraction of sp³-hybridized carbons (Fsp3) is 0.750. The van der Waals surface area contributed by atoms with Crippen molar-refractivity contribution < 1.29 is 19.0 Å². The number of ether oxygens (including phenoxy) is 1. The molecule has 2 fully saturated rings. The number of likely N-dealkylation sites (N-methyl/N-ethyl adjacent to an activating group) is 1. The maximum absolute atomic E-state index is 13.6. The summed E-state index contributed by atoms with van der Waals surface area (Å²) in [5.74, 6) is 0.366. The van der Waals surface area contributed by atoms with E-state index in [0.29, 0.717) is 56.4 Å². The molecule has 0 aromatic heterocycles. The molecule has 1 aromatic carbocycles. The number of hydrogen-bond donors (Lipinski definition) is 3. The summed E-state index contributed by atoms with van der Waals surface area (Å²) >= 11 is 6.30. The van der Waals surface area contributed by atoms with Gasteiger partial charge in [0.1, 0.15) is 6.17 Å². The minimum absolute atomic E-state index is 0.00453. The Bertz CT molecular complexity index is 808. The van der Waals surface area contributed by atoms with Gasteiger partial charge in [-0.2, -0.15) is 0 Å². The molecule has 1 saturated heterocycles. The van der Waals surface area contributed by atoms with Crippen LogP contribution in [0.4, 0.5) is 9.18 Å². The lowest BCUT2D eigenvalue weighted by Crippen LogP contribution is -2.54. The van der Waals surface area contributed by atoms with E-state index < -0.39 is 11.8 Å². The van der Waals surface area contributed by atoms with E-state index in [-0.39, 0.29) is 18.0 Å². The van der Waals surface area contributed by atoms with Crippen molar-refractivity contribution in [3.63, 3.8) is 0 Å². The molecule has 6 nitrogen and oxygen atoms in total. The van der Waals surface area contributed by atoms with E-state index in [2.05, 4.69) is 10.6 Å². The molecule has 1 heterocycles. The molecule has 36 heavy (non-hydrogen) atoms. The van der Waals surface area contributed by atoms with E-state index in [9.17, 15) is 14.3 Å². The van der Waals surface area contributed by atoms with Gasteiger partial charge in [-0.25, -0.2) is 9.18 Å². The first-order valence-corrected chi connectivity index (χ1v) is 14.0. The minimum Gasteiger partial charge on any atom is -0.385 e. The Morgan fingerprint density at radius 2 is 2.06 bits per heavy atom. The summed E-state index contributed by atoms with van der Waals surface area (Å²) in [6, 6.07) is 7.42. The second-order valence-electron chi connectivity index (χ2n) is 10.7. The molecule has 1 aliphatic heterocycles. The number of unbranched alkanes of at least 4 members (excludes halogenated alkanes) is 1. The molecular weight excluding hydrogens is 481 g/mol. The highest BCUT2D eigenvalue weighted by molar-refractivity contribution is 6.30. The van der Waals surface area contributed by atoms with Gasteiger partial charge in [0.05, 0.1) is 5.60 Å². The molecule has 0 radical (unpaired) electrons. The van der Waals surface area contributed by atoms with Crippen LogP contribution in [0.1, 0.15) is 69.8 Å². The Kier molecular flexibility index (Phi) is 11.7. The predicted molar refractivity (Wildman–Crippen MR) is 143 cm³/mol. The molecule has 0 bridgehead atoms. The number of piperidine rings is 1.